The lowest BCUT2D eigenvalue weighted by Gasteiger charge is -2.16. The van der Waals surface area contributed by atoms with E-state index in [1.807, 2.05) is 42.8 Å². The Bertz CT molecular complexity index is 597. The molecule has 1 atom stereocenters. The number of hydrogen-bond donors (Lipinski definition) is 2. The van der Waals surface area contributed by atoms with Crippen LogP contribution in [-0.4, -0.2) is 30.1 Å². The van der Waals surface area contributed by atoms with E-state index in [1.54, 1.807) is 11.3 Å². The Hall–Kier alpha value is -2.08. The van der Waals surface area contributed by atoms with Gasteiger partial charge in [0, 0.05) is 36.4 Å². The molecule has 1 aliphatic rings. The third kappa shape index (κ3) is 3.52. The summed E-state index contributed by atoms with van der Waals surface area (Å²) >= 11 is 1.63. The van der Waals surface area contributed by atoms with Gasteiger partial charge in [-0.3, -0.25) is 0 Å². The summed E-state index contributed by atoms with van der Waals surface area (Å²) in [7, 11) is 0. The zero-order valence-electron chi connectivity index (χ0n) is 11.9. The molecule has 3 rings (SSSR count). The number of amides is 2. The Kier molecular flexibility index (Phi) is 4.06. The van der Waals surface area contributed by atoms with E-state index in [4.69, 9.17) is 0 Å². The summed E-state index contributed by atoms with van der Waals surface area (Å²) in [6.45, 7) is 3.77. The molecule has 1 fully saturated rings. The van der Waals surface area contributed by atoms with Crippen LogP contribution in [0.1, 0.15) is 12.0 Å². The van der Waals surface area contributed by atoms with Crippen LogP contribution in [0.4, 0.5) is 15.6 Å². The molecular formula is C15H18N4OS. The fourth-order valence-electron chi connectivity index (χ4n) is 2.41. The van der Waals surface area contributed by atoms with E-state index in [0.717, 1.165) is 30.3 Å². The van der Waals surface area contributed by atoms with Crippen LogP contribution in [0.25, 0.3) is 0 Å². The third-order valence-electron chi connectivity index (χ3n) is 3.52. The van der Waals surface area contributed by atoms with Crippen molar-refractivity contribution < 1.29 is 4.79 Å². The minimum atomic E-state index is -0.148. The number of rotatable bonds is 3. The van der Waals surface area contributed by atoms with Crippen molar-refractivity contribution in [2.24, 2.45) is 0 Å². The maximum Gasteiger partial charge on any atom is 0.319 e. The molecule has 2 heterocycles. The summed E-state index contributed by atoms with van der Waals surface area (Å²) in [4.78, 5) is 18.5. The van der Waals surface area contributed by atoms with Crippen LogP contribution >= 0.6 is 11.3 Å². The lowest BCUT2D eigenvalue weighted by Crippen LogP contribution is -2.39. The lowest BCUT2D eigenvalue weighted by molar-refractivity contribution is 0.249. The van der Waals surface area contributed by atoms with Gasteiger partial charge in [-0.2, -0.15) is 0 Å². The van der Waals surface area contributed by atoms with Crippen LogP contribution in [0.15, 0.2) is 35.8 Å². The highest BCUT2D eigenvalue weighted by molar-refractivity contribution is 7.13. The van der Waals surface area contributed by atoms with Gasteiger partial charge in [0.05, 0.1) is 0 Å². The smallest absolute Gasteiger partial charge is 0.319 e. The Morgan fingerprint density at radius 2 is 2.19 bits per heavy atom. The van der Waals surface area contributed by atoms with Crippen molar-refractivity contribution in [3.63, 3.8) is 0 Å². The average molecular weight is 302 g/mol. The first-order valence-corrected chi connectivity index (χ1v) is 7.87. The number of nitrogens with zero attached hydrogens (tertiary/aromatic N) is 2. The highest BCUT2D eigenvalue weighted by Gasteiger charge is 2.25. The van der Waals surface area contributed by atoms with Gasteiger partial charge in [0.25, 0.3) is 0 Å². The van der Waals surface area contributed by atoms with E-state index in [-0.39, 0.29) is 12.1 Å². The van der Waals surface area contributed by atoms with Gasteiger partial charge >= 0.3 is 6.03 Å². The molecule has 110 valence electrons. The SMILES string of the molecule is Cc1ccc(NC(=O)NC2CCN(c3nccs3)C2)cc1. The van der Waals surface area contributed by atoms with Crippen molar-refractivity contribution in [3.05, 3.63) is 41.4 Å². The second-order valence-electron chi connectivity index (χ2n) is 5.21. The predicted molar refractivity (Wildman–Crippen MR) is 86.1 cm³/mol. The van der Waals surface area contributed by atoms with Gasteiger partial charge in [0.1, 0.15) is 0 Å². The zero-order valence-corrected chi connectivity index (χ0v) is 12.7. The number of carbonyl (C=O) groups is 1. The largest absolute Gasteiger partial charge is 0.346 e. The highest BCUT2D eigenvalue weighted by Crippen LogP contribution is 2.22. The monoisotopic (exact) mass is 302 g/mol. The molecule has 1 unspecified atom stereocenters. The van der Waals surface area contributed by atoms with E-state index < -0.39 is 0 Å². The maximum absolute atomic E-state index is 12.0. The van der Waals surface area contributed by atoms with Gasteiger partial charge < -0.3 is 15.5 Å². The molecule has 0 radical (unpaired) electrons. The van der Waals surface area contributed by atoms with Crippen molar-refractivity contribution in [2.45, 2.75) is 19.4 Å². The standard InChI is InChI=1S/C15H18N4OS/c1-11-2-4-12(5-3-11)17-14(20)18-13-6-8-19(10-13)15-16-7-9-21-15/h2-5,7,9,13H,6,8,10H2,1H3,(H2,17,18,20). The normalized spacial score (nSPS) is 17.8. The molecular weight excluding hydrogens is 284 g/mol. The Morgan fingerprint density at radius 1 is 1.38 bits per heavy atom. The third-order valence-corrected chi connectivity index (χ3v) is 4.35. The molecule has 1 aromatic heterocycles. The number of benzene rings is 1. The minimum Gasteiger partial charge on any atom is -0.346 e. The number of aryl methyl sites for hydroxylation is 1. The van der Waals surface area contributed by atoms with Gasteiger partial charge in [0.15, 0.2) is 5.13 Å². The van der Waals surface area contributed by atoms with E-state index in [0.29, 0.717) is 0 Å². The van der Waals surface area contributed by atoms with E-state index >= 15 is 0 Å². The highest BCUT2D eigenvalue weighted by atomic mass is 32.1. The zero-order chi connectivity index (χ0) is 14.7. The summed E-state index contributed by atoms with van der Waals surface area (Å²) in [5, 5.41) is 8.88. The van der Waals surface area contributed by atoms with Crippen LogP contribution < -0.4 is 15.5 Å². The maximum atomic E-state index is 12.0. The Balaban J connectivity index is 1.50. The average Bonchev–Trinajstić information content (AvgIpc) is 3.12. The number of urea groups is 1. The first-order valence-electron chi connectivity index (χ1n) is 6.99. The van der Waals surface area contributed by atoms with Gasteiger partial charge in [-0.25, -0.2) is 9.78 Å². The molecule has 0 spiro atoms. The molecule has 0 aliphatic carbocycles. The van der Waals surface area contributed by atoms with E-state index in [1.165, 1.54) is 5.56 Å². The van der Waals surface area contributed by atoms with Gasteiger partial charge in [-0.05, 0) is 25.5 Å². The Labute approximate surface area is 128 Å². The first kappa shape index (κ1) is 13.9. The topological polar surface area (TPSA) is 57.3 Å². The molecule has 6 heteroatoms. The van der Waals surface area contributed by atoms with Crippen LogP contribution in [0, 0.1) is 6.92 Å². The van der Waals surface area contributed by atoms with Crippen molar-refractivity contribution in [1.82, 2.24) is 10.3 Å². The first-order chi connectivity index (χ1) is 10.2. The summed E-state index contributed by atoms with van der Waals surface area (Å²) < 4.78 is 0. The summed E-state index contributed by atoms with van der Waals surface area (Å²) in [6.07, 6.45) is 2.76. The summed E-state index contributed by atoms with van der Waals surface area (Å²) in [5.74, 6) is 0. The summed E-state index contributed by atoms with van der Waals surface area (Å²) in [5.41, 5.74) is 1.99. The minimum absolute atomic E-state index is 0.148. The van der Waals surface area contributed by atoms with Gasteiger partial charge in [-0.15, -0.1) is 11.3 Å². The van der Waals surface area contributed by atoms with Gasteiger partial charge in [0.2, 0.25) is 0 Å². The van der Waals surface area contributed by atoms with Crippen molar-refractivity contribution in [2.75, 3.05) is 23.3 Å². The van der Waals surface area contributed by atoms with Gasteiger partial charge in [-0.1, -0.05) is 17.7 Å². The number of nitrogens with one attached hydrogen (secondary N) is 2. The number of hydrogen-bond acceptors (Lipinski definition) is 4. The van der Waals surface area contributed by atoms with Crippen molar-refractivity contribution in [1.29, 1.82) is 0 Å². The van der Waals surface area contributed by atoms with Crippen LogP contribution in [0.5, 0.6) is 0 Å². The molecule has 0 bridgehead atoms. The van der Waals surface area contributed by atoms with Crippen LogP contribution in [0.2, 0.25) is 0 Å². The molecule has 2 amide bonds. The Morgan fingerprint density at radius 3 is 2.90 bits per heavy atom. The summed E-state index contributed by atoms with van der Waals surface area (Å²) in [6, 6.07) is 7.80. The van der Waals surface area contributed by atoms with E-state index in [2.05, 4.69) is 20.5 Å². The second-order valence-corrected chi connectivity index (χ2v) is 6.08. The van der Waals surface area contributed by atoms with Crippen molar-refractivity contribution in [3.8, 4) is 0 Å². The van der Waals surface area contributed by atoms with Crippen molar-refractivity contribution >= 4 is 28.2 Å². The predicted octanol–water partition coefficient (Wildman–Crippen LogP) is 2.85. The molecule has 1 aromatic carbocycles. The second kappa shape index (κ2) is 6.13. The van der Waals surface area contributed by atoms with Crippen LogP contribution in [-0.2, 0) is 0 Å². The van der Waals surface area contributed by atoms with Crippen LogP contribution in [0.3, 0.4) is 0 Å². The molecule has 5 nitrogen and oxygen atoms in total. The molecule has 1 aliphatic heterocycles. The molecule has 21 heavy (non-hydrogen) atoms. The fourth-order valence-corrected chi connectivity index (χ4v) is 3.09. The molecule has 2 aromatic rings. The number of thiazole rings is 1. The molecule has 1 saturated heterocycles. The fraction of sp³-hybridized carbons (Fsp3) is 0.333. The number of aromatic nitrogens is 1. The quantitative estimate of drug-likeness (QED) is 0.916. The number of carbonyl (C=O) groups excluding carboxylic acids is 1. The molecule has 2 N–H and O–H groups in total. The number of anilines is 2. The lowest BCUT2D eigenvalue weighted by atomic mass is 10.2. The van der Waals surface area contributed by atoms with E-state index in [9.17, 15) is 4.79 Å². The molecule has 0 saturated carbocycles.